The molecule has 0 spiro atoms. The monoisotopic (exact) mass is 142 g/mol. The summed E-state index contributed by atoms with van der Waals surface area (Å²) in [5, 5.41) is 1.37. The summed E-state index contributed by atoms with van der Waals surface area (Å²) in [6.07, 6.45) is 1.28. The smallest absolute Gasteiger partial charge is 0.176 e. The van der Waals surface area contributed by atoms with E-state index in [-0.39, 0.29) is 5.78 Å². The molecular formula is C7H14N2O. The summed E-state index contributed by atoms with van der Waals surface area (Å²) in [4.78, 5) is 11.0. The molecule has 0 aliphatic heterocycles. The first-order valence-electron chi connectivity index (χ1n) is 3.08. The summed E-state index contributed by atoms with van der Waals surface area (Å²) in [6.45, 7) is 6.87. The van der Waals surface area contributed by atoms with Crippen LogP contribution in [0, 0.1) is 0 Å². The Labute approximate surface area is 61.5 Å². The molecular weight excluding hydrogens is 128 g/mol. The fourth-order valence-corrected chi connectivity index (χ4v) is 0.424. The number of hydrogen-bond donors (Lipinski definition) is 1. The highest BCUT2D eigenvalue weighted by Crippen LogP contribution is 2.09. The van der Waals surface area contributed by atoms with Gasteiger partial charge in [0.15, 0.2) is 5.78 Å². The van der Waals surface area contributed by atoms with Crippen molar-refractivity contribution in [3.8, 4) is 0 Å². The molecule has 0 aromatic rings. The number of hydrogen-bond acceptors (Lipinski definition) is 3. The van der Waals surface area contributed by atoms with Crippen molar-refractivity contribution in [2.24, 2.45) is 5.84 Å². The predicted molar refractivity (Wildman–Crippen MR) is 41.2 cm³/mol. The van der Waals surface area contributed by atoms with Crippen molar-refractivity contribution in [2.45, 2.75) is 19.4 Å². The molecule has 0 aromatic carbocycles. The Morgan fingerprint density at radius 2 is 2.10 bits per heavy atom. The minimum atomic E-state index is -0.637. The first kappa shape index (κ1) is 9.33. The van der Waals surface area contributed by atoms with Gasteiger partial charge in [0.05, 0.1) is 5.54 Å². The maximum atomic E-state index is 11.0. The van der Waals surface area contributed by atoms with Crippen molar-refractivity contribution >= 4 is 5.78 Å². The molecule has 58 valence electrons. The third-order valence-electron chi connectivity index (χ3n) is 1.67. The highest BCUT2D eigenvalue weighted by molar-refractivity contribution is 5.96. The van der Waals surface area contributed by atoms with Crippen LogP contribution in [0.5, 0.6) is 0 Å². The van der Waals surface area contributed by atoms with Crippen LogP contribution in [-0.4, -0.2) is 23.4 Å². The van der Waals surface area contributed by atoms with Gasteiger partial charge in [-0.1, -0.05) is 6.58 Å². The molecule has 0 unspecified atom stereocenters. The Morgan fingerprint density at radius 3 is 2.20 bits per heavy atom. The SMILES string of the molecule is C=CC(=O)C(C)(C)N(C)N. The molecule has 3 nitrogen and oxygen atoms in total. The van der Waals surface area contributed by atoms with Gasteiger partial charge in [-0.2, -0.15) is 0 Å². The molecule has 0 fully saturated rings. The molecule has 0 aliphatic rings. The van der Waals surface area contributed by atoms with Crippen LogP contribution in [0.25, 0.3) is 0 Å². The van der Waals surface area contributed by atoms with Gasteiger partial charge >= 0.3 is 0 Å². The highest BCUT2D eigenvalue weighted by Gasteiger charge is 2.27. The summed E-state index contributed by atoms with van der Waals surface area (Å²) in [6, 6.07) is 0. The molecule has 0 saturated carbocycles. The largest absolute Gasteiger partial charge is 0.293 e. The van der Waals surface area contributed by atoms with Crippen molar-refractivity contribution in [3.05, 3.63) is 12.7 Å². The van der Waals surface area contributed by atoms with E-state index in [1.807, 2.05) is 0 Å². The molecule has 0 saturated heterocycles. The average Bonchev–Trinajstić information content (AvgIpc) is 1.86. The predicted octanol–water partition coefficient (Wildman–Crippen LogP) is 0.326. The van der Waals surface area contributed by atoms with E-state index in [0.717, 1.165) is 0 Å². The number of ketones is 1. The third-order valence-corrected chi connectivity index (χ3v) is 1.67. The van der Waals surface area contributed by atoms with Crippen LogP contribution in [0.1, 0.15) is 13.8 Å². The van der Waals surface area contributed by atoms with E-state index in [2.05, 4.69) is 6.58 Å². The molecule has 0 radical (unpaired) electrons. The van der Waals surface area contributed by atoms with Gasteiger partial charge in [0, 0.05) is 7.05 Å². The van der Waals surface area contributed by atoms with Gasteiger partial charge in [-0.25, -0.2) is 5.01 Å². The zero-order valence-corrected chi connectivity index (χ0v) is 6.72. The summed E-state index contributed by atoms with van der Waals surface area (Å²) >= 11 is 0. The van der Waals surface area contributed by atoms with E-state index in [1.165, 1.54) is 11.1 Å². The van der Waals surface area contributed by atoms with Crippen LogP contribution in [-0.2, 0) is 4.79 Å². The van der Waals surface area contributed by atoms with Crippen LogP contribution in [0.3, 0.4) is 0 Å². The van der Waals surface area contributed by atoms with Crippen molar-refractivity contribution in [1.82, 2.24) is 5.01 Å². The topological polar surface area (TPSA) is 46.3 Å². The number of hydrazine groups is 1. The van der Waals surface area contributed by atoms with Crippen LogP contribution >= 0.6 is 0 Å². The zero-order valence-electron chi connectivity index (χ0n) is 6.72. The second-order valence-electron chi connectivity index (χ2n) is 2.74. The van der Waals surface area contributed by atoms with Crippen molar-refractivity contribution in [1.29, 1.82) is 0 Å². The molecule has 0 heterocycles. The molecule has 3 heteroatoms. The van der Waals surface area contributed by atoms with Gasteiger partial charge in [0.2, 0.25) is 0 Å². The van der Waals surface area contributed by atoms with Crippen molar-refractivity contribution < 1.29 is 4.79 Å². The number of nitrogens with two attached hydrogens (primary N) is 1. The quantitative estimate of drug-likeness (QED) is 0.351. The lowest BCUT2D eigenvalue weighted by atomic mass is 9.99. The lowest BCUT2D eigenvalue weighted by Gasteiger charge is -2.28. The maximum Gasteiger partial charge on any atom is 0.176 e. The van der Waals surface area contributed by atoms with Crippen molar-refractivity contribution in [2.75, 3.05) is 7.05 Å². The first-order chi connectivity index (χ1) is 4.42. The van der Waals surface area contributed by atoms with E-state index in [9.17, 15) is 4.79 Å². The second kappa shape index (κ2) is 2.94. The Bertz CT molecular complexity index is 150. The summed E-state index contributed by atoms with van der Waals surface area (Å²) in [5.74, 6) is 5.34. The molecule has 0 atom stereocenters. The number of rotatable bonds is 3. The summed E-state index contributed by atoms with van der Waals surface area (Å²) < 4.78 is 0. The standard InChI is InChI=1S/C7H14N2O/c1-5-6(10)7(2,3)9(4)8/h5H,1,8H2,2-4H3. The summed E-state index contributed by atoms with van der Waals surface area (Å²) in [5.41, 5.74) is -0.637. The molecule has 0 aliphatic carbocycles. The van der Waals surface area contributed by atoms with Gasteiger partial charge in [-0.15, -0.1) is 0 Å². The molecule has 0 aromatic heterocycles. The Balaban J connectivity index is 4.39. The molecule has 0 bridgehead atoms. The Kier molecular flexibility index (Phi) is 2.75. The normalized spacial score (nSPS) is 11.7. The number of carbonyl (C=O) groups excluding carboxylic acids is 1. The number of likely N-dealkylation sites (N-methyl/N-ethyl adjacent to an activating group) is 1. The van der Waals surface area contributed by atoms with Gasteiger partial charge in [0.1, 0.15) is 0 Å². The zero-order chi connectivity index (χ0) is 8.36. The Morgan fingerprint density at radius 1 is 1.70 bits per heavy atom. The highest BCUT2D eigenvalue weighted by atomic mass is 16.1. The fraction of sp³-hybridized carbons (Fsp3) is 0.571. The third kappa shape index (κ3) is 1.65. The van der Waals surface area contributed by atoms with E-state index < -0.39 is 5.54 Å². The van der Waals surface area contributed by atoms with E-state index in [1.54, 1.807) is 20.9 Å². The Hall–Kier alpha value is -0.670. The lowest BCUT2D eigenvalue weighted by Crippen LogP contribution is -2.50. The van der Waals surface area contributed by atoms with Crippen LogP contribution in [0.2, 0.25) is 0 Å². The molecule has 10 heavy (non-hydrogen) atoms. The fourth-order valence-electron chi connectivity index (χ4n) is 0.424. The van der Waals surface area contributed by atoms with Gasteiger partial charge in [0.25, 0.3) is 0 Å². The van der Waals surface area contributed by atoms with Crippen molar-refractivity contribution in [3.63, 3.8) is 0 Å². The van der Waals surface area contributed by atoms with Crippen LogP contribution in [0.4, 0.5) is 0 Å². The number of carbonyl (C=O) groups is 1. The van der Waals surface area contributed by atoms with Crippen LogP contribution in [0.15, 0.2) is 12.7 Å². The molecule has 0 rings (SSSR count). The minimum absolute atomic E-state index is 0.0718. The molecule has 2 N–H and O–H groups in total. The average molecular weight is 142 g/mol. The maximum absolute atomic E-state index is 11.0. The van der Waals surface area contributed by atoms with E-state index in [4.69, 9.17) is 5.84 Å². The van der Waals surface area contributed by atoms with E-state index in [0.29, 0.717) is 0 Å². The minimum Gasteiger partial charge on any atom is -0.293 e. The second-order valence-corrected chi connectivity index (χ2v) is 2.74. The first-order valence-corrected chi connectivity index (χ1v) is 3.08. The van der Waals surface area contributed by atoms with Gasteiger partial charge < -0.3 is 0 Å². The van der Waals surface area contributed by atoms with Crippen LogP contribution < -0.4 is 5.84 Å². The summed E-state index contributed by atoms with van der Waals surface area (Å²) in [7, 11) is 1.65. The van der Waals surface area contributed by atoms with Gasteiger partial charge in [-0.3, -0.25) is 10.6 Å². The number of nitrogens with zero attached hydrogens (tertiary/aromatic N) is 1. The molecule has 0 amide bonds. The lowest BCUT2D eigenvalue weighted by molar-refractivity contribution is -0.123. The van der Waals surface area contributed by atoms with E-state index >= 15 is 0 Å². The van der Waals surface area contributed by atoms with Gasteiger partial charge in [-0.05, 0) is 19.9 Å².